The number of hydrogen-bond acceptors (Lipinski definition) is 1. The van der Waals surface area contributed by atoms with Gasteiger partial charge in [0, 0.05) is 5.56 Å². The Bertz CT molecular complexity index is 318. The molecule has 0 saturated heterocycles. The van der Waals surface area contributed by atoms with Crippen LogP contribution in [0.4, 0.5) is 0 Å². The Hall–Kier alpha value is -1.15. The van der Waals surface area contributed by atoms with Gasteiger partial charge in [-0.1, -0.05) is 37.6 Å². The van der Waals surface area contributed by atoms with E-state index in [1.165, 1.54) is 6.92 Å². The lowest BCUT2D eigenvalue weighted by Gasteiger charge is -2.10. The van der Waals surface area contributed by atoms with Crippen LogP contribution < -0.4 is 0 Å². The smallest absolute Gasteiger partial charge is 0.160 e. The zero-order valence-electron chi connectivity index (χ0n) is 8.62. The quantitative estimate of drug-likeness (QED) is 0.673. The molecule has 0 aliphatic carbocycles. The Morgan fingerprint density at radius 3 is 2.57 bits per heavy atom. The van der Waals surface area contributed by atoms with Crippen LogP contribution in [0.2, 0.25) is 0 Å². The van der Waals surface area contributed by atoms with Crippen molar-refractivity contribution in [2.75, 3.05) is 0 Å². The topological polar surface area (TPSA) is 37.0 Å². The van der Waals surface area contributed by atoms with Crippen LogP contribution in [0.25, 0.3) is 0 Å². The highest BCUT2D eigenvalue weighted by Crippen LogP contribution is 2.22. The molecule has 0 aliphatic heterocycles. The lowest BCUT2D eigenvalue weighted by molar-refractivity contribution is 0.0780. The third-order valence-electron chi connectivity index (χ3n) is 2.24. The third kappa shape index (κ3) is 2.42. The molecular formula is C12H15O2. The van der Waals surface area contributed by atoms with Crippen molar-refractivity contribution in [2.45, 2.75) is 32.8 Å². The SMILES string of the molecule is CCCC([O])c1ccccc1C(C)=O. The van der Waals surface area contributed by atoms with E-state index in [-0.39, 0.29) is 5.78 Å². The van der Waals surface area contributed by atoms with Gasteiger partial charge in [0.2, 0.25) is 0 Å². The van der Waals surface area contributed by atoms with Crippen molar-refractivity contribution in [2.24, 2.45) is 0 Å². The highest BCUT2D eigenvalue weighted by atomic mass is 16.3. The standard InChI is InChI=1S/C12H15O2/c1-3-6-12(14)11-8-5-4-7-10(11)9(2)13/h4-5,7-8,12H,3,6H2,1-2H3. The van der Waals surface area contributed by atoms with Crippen LogP contribution in [0.1, 0.15) is 48.7 Å². The summed E-state index contributed by atoms with van der Waals surface area (Å²) < 4.78 is 0. The molecule has 0 bridgehead atoms. The summed E-state index contributed by atoms with van der Waals surface area (Å²) in [5.41, 5.74) is 1.21. The zero-order valence-corrected chi connectivity index (χ0v) is 8.62. The predicted molar refractivity (Wildman–Crippen MR) is 54.8 cm³/mol. The first-order chi connectivity index (χ1) is 6.66. The molecule has 1 aromatic rings. The van der Waals surface area contributed by atoms with Crippen molar-refractivity contribution in [1.82, 2.24) is 0 Å². The van der Waals surface area contributed by atoms with E-state index in [0.29, 0.717) is 17.5 Å². The van der Waals surface area contributed by atoms with Crippen molar-refractivity contribution in [3.8, 4) is 0 Å². The van der Waals surface area contributed by atoms with E-state index >= 15 is 0 Å². The lowest BCUT2D eigenvalue weighted by atomic mass is 9.97. The van der Waals surface area contributed by atoms with E-state index in [9.17, 15) is 9.90 Å². The Kier molecular flexibility index (Phi) is 3.84. The number of carbonyl (C=O) groups excluding carboxylic acids is 1. The van der Waals surface area contributed by atoms with E-state index < -0.39 is 6.10 Å². The molecule has 0 aromatic heterocycles. The lowest BCUT2D eigenvalue weighted by Crippen LogP contribution is -2.03. The molecule has 0 saturated carbocycles. The normalized spacial score (nSPS) is 12.5. The first-order valence-electron chi connectivity index (χ1n) is 4.92. The van der Waals surface area contributed by atoms with Crippen molar-refractivity contribution in [3.63, 3.8) is 0 Å². The Morgan fingerprint density at radius 2 is 2.00 bits per heavy atom. The van der Waals surface area contributed by atoms with Gasteiger partial charge in [-0.15, -0.1) is 0 Å². The molecule has 1 radical (unpaired) electrons. The van der Waals surface area contributed by atoms with E-state index in [1.54, 1.807) is 18.2 Å². The van der Waals surface area contributed by atoms with Crippen LogP contribution in [0.3, 0.4) is 0 Å². The van der Waals surface area contributed by atoms with Gasteiger partial charge in [0.1, 0.15) is 6.10 Å². The maximum absolute atomic E-state index is 11.7. The molecule has 0 N–H and O–H groups in total. The summed E-state index contributed by atoms with van der Waals surface area (Å²) in [5, 5.41) is 11.7. The van der Waals surface area contributed by atoms with Gasteiger partial charge in [0.25, 0.3) is 0 Å². The second-order valence-corrected chi connectivity index (χ2v) is 3.42. The van der Waals surface area contributed by atoms with Gasteiger partial charge in [-0.2, -0.15) is 0 Å². The van der Waals surface area contributed by atoms with Crippen LogP contribution >= 0.6 is 0 Å². The molecule has 1 atom stereocenters. The number of rotatable bonds is 4. The molecule has 2 heteroatoms. The van der Waals surface area contributed by atoms with Gasteiger partial charge in [-0.25, -0.2) is 5.11 Å². The molecule has 1 unspecified atom stereocenters. The molecule has 1 aromatic carbocycles. The van der Waals surface area contributed by atoms with Crippen LogP contribution in [0.15, 0.2) is 24.3 Å². The average molecular weight is 191 g/mol. The predicted octanol–water partition coefficient (Wildman–Crippen LogP) is 3.16. The fraction of sp³-hybridized carbons (Fsp3) is 0.417. The summed E-state index contributed by atoms with van der Waals surface area (Å²) in [6.45, 7) is 3.47. The molecule has 14 heavy (non-hydrogen) atoms. The van der Waals surface area contributed by atoms with Crippen LogP contribution in [-0.4, -0.2) is 5.78 Å². The summed E-state index contributed by atoms with van der Waals surface area (Å²) in [6, 6.07) is 7.07. The van der Waals surface area contributed by atoms with E-state index in [2.05, 4.69) is 0 Å². The summed E-state index contributed by atoms with van der Waals surface area (Å²) in [4.78, 5) is 11.2. The number of carbonyl (C=O) groups is 1. The van der Waals surface area contributed by atoms with E-state index in [0.717, 1.165) is 6.42 Å². The highest BCUT2D eigenvalue weighted by molar-refractivity contribution is 5.95. The van der Waals surface area contributed by atoms with E-state index in [1.807, 2.05) is 13.0 Å². The summed E-state index contributed by atoms with van der Waals surface area (Å²) >= 11 is 0. The third-order valence-corrected chi connectivity index (χ3v) is 2.24. The highest BCUT2D eigenvalue weighted by Gasteiger charge is 2.14. The van der Waals surface area contributed by atoms with Crippen molar-refractivity contribution in [1.29, 1.82) is 0 Å². The van der Waals surface area contributed by atoms with Crippen molar-refractivity contribution in [3.05, 3.63) is 35.4 Å². The first kappa shape index (κ1) is 10.9. The Labute approximate surface area is 84.6 Å². The minimum Gasteiger partial charge on any atom is -0.294 e. The maximum Gasteiger partial charge on any atom is 0.160 e. The average Bonchev–Trinajstić information content (AvgIpc) is 2.18. The van der Waals surface area contributed by atoms with Crippen LogP contribution in [0.5, 0.6) is 0 Å². The van der Waals surface area contributed by atoms with Crippen LogP contribution in [0, 0.1) is 0 Å². The molecular weight excluding hydrogens is 176 g/mol. The number of Topliss-reactive ketones (excluding diaryl/α,β-unsaturated/α-hetero) is 1. The summed E-state index contributed by atoms with van der Waals surface area (Å²) in [7, 11) is 0. The minimum atomic E-state index is -0.764. The number of ketones is 1. The molecule has 1 rings (SSSR count). The zero-order chi connectivity index (χ0) is 10.6. The van der Waals surface area contributed by atoms with Gasteiger partial charge in [0.05, 0.1) is 0 Å². The molecule has 0 aliphatic rings. The second-order valence-electron chi connectivity index (χ2n) is 3.42. The molecule has 0 amide bonds. The number of benzene rings is 1. The van der Waals surface area contributed by atoms with Gasteiger partial charge in [-0.3, -0.25) is 4.79 Å². The minimum absolute atomic E-state index is 0.0300. The van der Waals surface area contributed by atoms with Gasteiger partial charge in [-0.05, 0) is 18.9 Å². The van der Waals surface area contributed by atoms with Crippen molar-refractivity contribution >= 4 is 5.78 Å². The monoisotopic (exact) mass is 191 g/mol. The fourth-order valence-corrected chi connectivity index (χ4v) is 1.52. The van der Waals surface area contributed by atoms with Gasteiger partial charge in [0.15, 0.2) is 5.78 Å². The molecule has 0 spiro atoms. The van der Waals surface area contributed by atoms with E-state index in [4.69, 9.17) is 0 Å². The largest absolute Gasteiger partial charge is 0.294 e. The molecule has 0 fully saturated rings. The summed E-state index contributed by atoms with van der Waals surface area (Å²) in [6.07, 6.45) is 0.671. The second kappa shape index (κ2) is 4.91. The summed E-state index contributed by atoms with van der Waals surface area (Å²) in [5.74, 6) is -0.0300. The van der Waals surface area contributed by atoms with Crippen LogP contribution in [-0.2, 0) is 5.11 Å². The number of hydrogen-bond donors (Lipinski definition) is 0. The molecule has 0 heterocycles. The molecule has 2 nitrogen and oxygen atoms in total. The van der Waals surface area contributed by atoms with Gasteiger partial charge >= 0.3 is 0 Å². The first-order valence-corrected chi connectivity index (χ1v) is 4.92. The van der Waals surface area contributed by atoms with Crippen molar-refractivity contribution < 1.29 is 9.90 Å². The Morgan fingerprint density at radius 1 is 1.36 bits per heavy atom. The maximum atomic E-state index is 11.7. The molecule has 75 valence electrons. The fourth-order valence-electron chi connectivity index (χ4n) is 1.52. The Balaban J connectivity index is 3.00. The van der Waals surface area contributed by atoms with Gasteiger partial charge < -0.3 is 0 Å².